The number of hydrogen-bond acceptors (Lipinski definition) is 3. The molecule has 0 saturated carbocycles. The van der Waals surface area contributed by atoms with Gasteiger partial charge in [0.05, 0.1) is 30.1 Å². The predicted molar refractivity (Wildman–Crippen MR) is 82.0 cm³/mol. The normalized spacial score (nSPS) is 12.1. The van der Waals surface area contributed by atoms with E-state index in [1.54, 1.807) is 24.2 Å². The van der Waals surface area contributed by atoms with Crippen LogP contribution in [0.1, 0.15) is 16.8 Å². The smallest absolute Gasteiger partial charge is 0.254 e. The van der Waals surface area contributed by atoms with E-state index >= 15 is 0 Å². The highest BCUT2D eigenvalue weighted by atomic mass is 35.5. The Kier molecular flexibility index (Phi) is 5.78. The van der Waals surface area contributed by atoms with E-state index in [0.29, 0.717) is 24.5 Å². The molecule has 0 bridgehead atoms. The number of methoxy groups -OCH3 is 1. The molecule has 0 fully saturated rings. The first-order valence-corrected chi connectivity index (χ1v) is 7.24. The van der Waals surface area contributed by atoms with Gasteiger partial charge >= 0.3 is 0 Å². The number of ether oxygens (including phenoxy) is 1. The summed E-state index contributed by atoms with van der Waals surface area (Å²) < 4.78 is 6.74. The maximum absolute atomic E-state index is 12.2. The zero-order valence-corrected chi connectivity index (χ0v) is 12.6. The third-order valence-corrected chi connectivity index (χ3v) is 3.24. The standard InChI is InChI=1S/C15H18ClN3O2/c1-21-11-13(7-8-16)18-15(20)12-9-17-19(10-12)14-5-3-2-4-6-14/h2-6,9-10,13H,7-8,11H2,1H3,(H,18,20). The second-order valence-corrected chi connectivity index (χ2v) is 4.99. The molecule has 6 heteroatoms. The van der Waals surface area contributed by atoms with E-state index in [1.807, 2.05) is 30.3 Å². The van der Waals surface area contributed by atoms with Gasteiger partial charge in [0.2, 0.25) is 0 Å². The van der Waals surface area contributed by atoms with Crippen molar-refractivity contribution in [2.75, 3.05) is 19.6 Å². The number of benzene rings is 1. The van der Waals surface area contributed by atoms with Gasteiger partial charge in [-0.1, -0.05) is 18.2 Å². The van der Waals surface area contributed by atoms with E-state index in [2.05, 4.69) is 10.4 Å². The van der Waals surface area contributed by atoms with E-state index in [9.17, 15) is 4.79 Å². The monoisotopic (exact) mass is 307 g/mol. The number of halogens is 1. The van der Waals surface area contributed by atoms with E-state index in [-0.39, 0.29) is 11.9 Å². The molecule has 0 saturated heterocycles. The number of rotatable bonds is 7. The molecular weight excluding hydrogens is 290 g/mol. The molecule has 112 valence electrons. The van der Waals surface area contributed by atoms with Crippen molar-refractivity contribution >= 4 is 17.5 Å². The van der Waals surface area contributed by atoms with Crippen LogP contribution in [0.25, 0.3) is 5.69 Å². The van der Waals surface area contributed by atoms with Crippen molar-refractivity contribution in [3.8, 4) is 5.69 Å². The molecule has 1 aromatic carbocycles. The minimum Gasteiger partial charge on any atom is -0.383 e. The summed E-state index contributed by atoms with van der Waals surface area (Å²) in [4.78, 5) is 12.2. The molecule has 1 N–H and O–H groups in total. The third kappa shape index (κ3) is 4.31. The highest BCUT2D eigenvalue weighted by molar-refractivity contribution is 6.17. The fourth-order valence-electron chi connectivity index (χ4n) is 1.96. The van der Waals surface area contributed by atoms with Gasteiger partial charge in [-0.15, -0.1) is 11.6 Å². The van der Waals surface area contributed by atoms with Crippen LogP contribution in [-0.2, 0) is 4.74 Å². The summed E-state index contributed by atoms with van der Waals surface area (Å²) in [7, 11) is 1.60. The van der Waals surface area contributed by atoms with Crippen LogP contribution >= 0.6 is 11.6 Å². The zero-order chi connectivity index (χ0) is 15.1. The number of alkyl halides is 1. The molecule has 2 rings (SSSR count). The molecule has 1 amide bonds. The average Bonchev–Trinajstić information content (AvgIpc) is 2.98. The molecule has 0 aliphatic heterocycles. The quantitative estimate of drug-likeness (QED) is 0.798. The van der Waals surface area contributed by atoms with E-state index < -0.39 is 0 Å². The van der Waals surface area contributed by atoms with Crippen molar-refractivity contribution in [1.82, 2.24) is 15.1 Å². The van der Waals surface area contributed by atoms with Crippen molar-refractivity contribution < 1.29 is 9.53 Å². The number of carbonyl (C=O) groups is 1. The minimum absolute atomic E-state index is 0.0972. The van der Waals surface area contributed by atoms with Crippen LogP contribution in [0.3, 0.4) is 0 Å². The van der Waals surface area contributed by atoms with Gasteiger partial charge < -0.3 is 10.1 Å². The average molecular weight is 308 g/mol. The summed E-state index contributed by atoms with van der Waals surface area (Å²) >= 11 is 5.72. The number of nitrogens with one attached hydrogen (secondary N) is 1. The van der Waals surface area contributed by atoms with Gasteiger partial charge in [-0.2, -0.15) is 5.10 Å². The van der Waals surface area contributed by atoms with E-state index in [1.165, 1.54) is 0 Å². The summed E-state index contributed by atoms with van der Waals surface area (Å²) in [5.41, 5.74) is 1.42. The number of para-hydroxylation sites is 1. The van der Waals surface area contributed by atoms with Gasteiger partial charge in [-0.3, -0.25) is 4.79 Å². The number of aromatic nitrogens is 2. The van der Waals surface area contributed by atoms with Crippen LogP contribution in [0.15, 0.2) is 42.7 Å². The lowest BCUT2D eigenvalue weighted by molar-refractivity contribution is 0.0895. The second kappa shape index (κ2) is 7.81. The summed E-state index contributed by atoms with van der Waals surface area (Å²) in [5.74, 6) is 0.293. The van der Waals surface area contributed by atoms with Crippen LogP contribution in [-0.4, -0.2) is 41.3 Å². The maximum atomic E-state index is 12.2. The maximum Gasteiger partial charge on any atom is 0.254 e. The first kappa shape index (κ1) is 15.5. The highest BCUT2D eigenvalue weighted by Gasteiger charge is 2.15. The molecule has 1 unspecified atom stereocenters. The Bertz CT molecular complexity index is 565. The van der Waals surface area contributed by atoms with Crippen molar-refractivity contribution in [2.24, 2.45) is 0 Å². The van der Waals surface area contributed by atoms with Crippen LogP contribution in [0.4, 0.5) is 0 Å². The van der Waals surface area contributed by atoms with Gasteiger partial charge in [0.15, 0.2) is 0 Å². The Balaban J connectivity index is 2.05. The van der Waals surface area contributed by atoms with Gasteiger partial charge in [-0.25, -0.2) is 4.68 Å². The lowest BCUT2D eigenvalue weighted by atomic mass is 10.2. The number of nitrogens with zero attached hydrogens (tertiary/aromatic N) is 2. The lowest BCUT2D eigenvalue weighted by Gasteiger charge is -2.15. The highest BCUT2D eigenvalue weighted by Crippen LogP contribution is 2.08. The van der Waals surface area contributed by atoms with Gasteiger partial charge in [0.25, 0.3) is 5.91 Å². The summed E-state index contributed by atoms with van der Waals surface area (Å²) in [5, 5.41) is 7.10. The number of amides is 1. The minimum atomic E-state index is -0.177. The third-order valence-electron chi connectivity index (χ3n) is 3.03. The molecule has 0 spiro atoms. The number of carbonyl (C=O) groups excluding carboxylic acids is 1. The summed E-state index contributed by atoms with van der Waals surface area (Å²) in [6, 6.07) is 9.53. The van der Waals surface area contributed by atoms with E-state index in [4.69, 9.17) is 16.3 Å². The molecule has 5 nitrogen and oxygen atoms in total. The molecule has 2 aromatic rings. The summed E-state index contributed by atoms with van der Waals surface area (Å²) in [6.45, 7) is 0.436. The fraction of sp³-hybridized carbons (Fsp3) is 0.333. The summed E-state index contributed by atoms with van der Waals surface area (Å²) in [6.07, 6.45) is 3.91. The lowest BCUT2D eigenvalue weighted by Crippen LogP contribution is -2.38. The van der Waals surface area contributed by atoms with Crippen molar-refractivity contribution in [3.05, 3.63) is 48.3 Å². The zero-order valence-electron chi connectivity index (χ0n) is 11.8. The van der Waals surface area contributed by atoms with Crippen LogP contribution in [0.2, 0.25) is 0 Å². The molecule has 0 radical (unpaired) electrons. The molecule has 0 aliphatic carbocycles. The molecule has 0 aliphatic rings. The van der Waals surface area contributed by atoms with Crippen LogP contribution in [0.5, 0.6) is 0 Å². The Morgan fingerprint density at radius 3 is 2.86 bits per heavy atom. The molecule has 1 atom stereocenters. The fourth-order valence-corrected chi connectivity index (χ4v) is 2.22. The Morgan fingerprint density at radius 2 is 2.19 bits per heavy atom. The van der Waals surface area contributed by atoms with Crippen LogP contribution < -0.4 is 5.32 Å². The molecular formula is C15H18ClN3O2. The van der Waals surface area contributed by atoms with Crippen molar-refractivity contribution in [2.45, 2.75) is 12.5 Å². The molecule has 1 aromatic heterocycles. The van der Waals surface area contributed by atoms with Crippen molar-refractivity contribution in [1.29, 1.82) is 0 Å². The molecule has 21 heavy (non-hydrogen) atoms. The van der Waals surface area contributed by atoms with Gasteiger partial charge in [-0.05, 0) is 18.6 Å². The van der Waals surface area contributed by atoms with E-state index in [0.717, 1.165) is 5.69 Å². The first-order chi connectivity index (χ1) is 10.2. The van der Waals surface area contributed by atoms with Gasteiger partial charge in [0.1, 0.15) is 0 Å². The first-order valence-electron chi connectivity index (χ1n) is 6.70. The molecule has 1 heterocycles. The Morgan fingerprint density at radius 1 is 1.43 bits per heavy atom. The predicted octanol–water partition coefficient (Wildman–Crippen LogP) is 2.25. The second-order valence-electron chi connectivity index (χ2n) is 4.61. The number of hydrogen-bond donors (Lipinski definition) is 1. The SMILES string of the molecule is COCC(CCCl)NC(=O)c1cnn(-c2ccccc2)c1. The Hall–Kier alpha value is -1.85. The van der Waals surface area contributed by atoms with Crippen molar-refractivity contribution in [3.63, 3.8) is 0 Å². The largest absolute Gasteiger partial charge is 0.383 e. The topological polar surface area (TPSA) is 56.1 Å². The van der Waals surface area contributed by atoms with Crippen LogP contribution in [0, 0.1) is 0 Å². The Labute approximate surface area is 128 Å². The van der Waals surface area contributed by atoms with Gasteiger partial charge in [0, 0.05) is 19.2 Å².